The van der Waals surface area contributed by atoms with Crippen molar-refractivity contribution in [2.24, 2.45) is 0 Å². The van der Waals surface area contributed by atoms with E-state index in [4.69, 9.17) is 4.42 Å². The Labute approximate surface area is 82.0 Å². The molecule has 3 heteroatoms. The van der Waals surface area contributed by atoms with E-state index in [0.717, 1.165) is 12.0 Å². The molecule has 2 aromatic rings. The van der Waals surface area contributed by atoms with Crippen molar-refractivity contribution in [3.63, 3.8) is 0 Å². The van der Waals surface area contributed by atoms with Crippen LogP contribution in [-0.4, -0.2) is 10.1 Å². The van der Waals surface area contributed by atoms with Gasteiger partial charge < -0.3 is 9.52 Å². The summed E-state index contributed by atoms with van der Waals surface area (Å²) in [5.41, 5.74) is 1.80. The summed E-state index contributed by atoms with van der Waals surface area (Å²) in [4.78, 5) is 4.00. The molecule has 0 spiro atoms. The Hall–Kier alpha value is -1.77. The van der Waals surface area contributed by atoms with Crippen LogP contribution >= 0.6 is 0 Å². The lowest BCUT2D eigenvalue weighted by Crippen LogP contribution is -1.83. The second-order valence-electron chi connectivity index (χ2n) is 3.04. The molecule has 0 bridgehead atoms. The van der Waals surface area contributed by atoms with Gasteiger partial charge in [-0.1, -0.05) is 13.0 Å². The molecule has 0 aliphatic heterocycles. The van der Waals surface area contributed by atoms with Crippen molar-refractivity contribution in [1.82, 2.24) is 4.98 Å². The second-order valence-corrected chi connectivity index (χ2v) is 3.04. The van der Waals surface area contributed by atoms with Crippen LogP contribution in [0.1, 0.15) is 12.5 Å². The van der Waals surface area contributed by atoms with Crippen LogP contribution in [0, 0.1) is 0 Å². The van der Waals surface area contributed by atoms with Gasteiger partial charge in [0, 0.05) is 0 Å². The lowest BCUT2D eigenvalue weighted by molar-refractivity contribution is 0.472. The van der Waals surface area contributed by atoms with Crippen molar-refractivity contribution in [2.75, 3.05) is 0 Å². The summed E-state index contributed by atoms with van der Waals surface area (Å²) in [7, 11) is 0. The van der Waals surface area contributed by atoms with Gasteiger partial charge in [0.15, 0.2) is 0 Å². The smallest absolute Gasteiger partial charge is 0.229 e. The Morgan fingerprint density at radius 1 is 1.43 bits per heavy atom. The Balaban J connectivity index is 2.51. The first kappa shape index (κ1) is 8.81. The van der Waals surface area contributed by atoms with Crippen LogP contribution in [0.4, 0.5) is 0 Å². The minimum absolute atomic E-state index is 0.199. The molecule has 0 saturated carbocycles. The number of rotatable bonds is 2. The highest BCUT2D eigenvalue weighted by molar-refractivity contribution is 5.63. The van der Waals surface area contributed by atoms with Crippen LogP contribution in [0.3, 0.4) is 0 Å². The van der Waals surface area contributed by atoms with Crippen LogP contribution in [0.2, 0.25) is 0 Å². The van der Waals surface area contributed by atoms with E-state index in [-0.39, 0.29) is 5.75 Å². The fourth-order valence-corrected chi connectivity index (χ4v) is 1.33. The molecule has 2 rings (SSSR count). The van der Waals surface area contributed by atoms with Crippen molar-refractivity contribution in [3.05, 3.63) is 36.2 Å². The fraction of sp³-hybridized carbons (Fsp3) is 0.182. The largest absolute Gasteiger partial charge is 0.507 e. The number of hydrogen-bond donors (Lipinski definition) is 1. The standard InChI is InChI=1S/C11H11NO2/c1-2-8-3-4-10(13)9(7-8)11-12-5-6-14-11/h3-7,13H,2H2,1H3. The first-order valence-corrected chi connectivity index (χ1v) is 4.53. The number of nitrogens with zero attached hydrogens (tertiary/aromatic N) is 1. The summed E-state index contributed by atoms with van der Waals surface area (Å²) < 4.78 is 5.13. The van der Waals surface area contributed by atoms with Gasteiger partial charge in [-0.15, -0.1) is 0 Å². The summed E-state index contributed by atoms with van der Waals surface area (Å²) in [6.45, 7) is 2.06. The van der Waals surface area contributed by atoms with E-state index >= 15 is 0 Å². The first-order valence-electron chi connectivity index (χ1n) is 4.53. The first-order chi connectivity index (χ1) is 6.81. The van der Waals surface area contributed by atoms with E-state index in [9.17, 15) is 5.11 Å². The Morgan fingerprint density at radius 2 is 2.29 bits per heavy atom. The predicted octanol–water partition coefficient (Wildman–Crippen LogP) is 2.61. The van der Waals surface area contributed by atoms with Gasteiger partial charge >= 0.3 is 0 Å². The Morgan fingerprint density at radius 3 is 2.93 bits per heavy atom. The zero-order chi connectivity index (χ0) is 9.97. The summed E-state index contributed by atoms with van der Waals surface area (Å²) in [6.07, 6.45) is 3.98. The Bertz CT molecular complexity index is 421. The predicted molar refractivity (Wildman–Crippen MR) is 53.0 cm³/mol. The molecule has 72 valence electrons. The third-order valence-electron chi connectivity index (χ3n) is 2.13. The van der Waals surface area contributed by atoms with Crippen molar-refractivity contribution < 1.29 is 9.52 Å². The van der Waals surface area contributed by atoms with Gasteiger partial charge in [0.1, 0.15) is 12.0 Å². The van der Waals surface area contributed by atoms with E-state index in [1.54, 1.807) is 12.3 Å². The monoisotopic (exact) mass is 189 g/mol. The summed E-state index contributed by atoms with van der Waals surface area (Å²) in [5, 5.41) is 9.60. The van der Waals surface area contributed by atoms with Crippen LogP contribution in [0.15, 0.2) is 35.1 Å². The number of phenols is 1. The molecule has 0 fully saturated rings. The topological polar surface area (TPSA) is 46.3 Å². The van der Waals surface area contributed by atoms with Gasteiger partial charge in [-0.25, -0.2) is 4.98 Å². The van der Waals surface area contributed by atoms with Gasteiger partial charge in [-0.05, 0) is 24.1 Å². The number of hydrogen-bond acceptors (Lipinski definition) is 3. The Kier molecular flexibility index (Phi) is 2.23. The summed E-state index contributed by atoms with van der Waals surface area (Å²) in [6, 6.07) is 5.45. The van der Waals surface area contributed by atoms with E-state index in [1.165, 1.54) is 6.26 Å². The molecule has 0 aliphatic carbocycles. The highest BCUT2D eigenvalue weighted by Crippen LogP contribution is 2.28. The highest BCUT2D eigenvalue weighted by atomic mass is 16.3. The minimum atomic E-state index is 0.199. The van der Waals surface area contributed by atoms with E-state index < -0.39 is 0 Å². The molecular formula is C11H11NO2. The molecule has 3 nitrogen and oxygen atoms in total. The quantitative estimate of drug-likeness (QED) is 0.789. The third kappa shape index (κ3) is 1.48. The van der Waals surface area contributed by atoms with Crippen molar-refractivity contribution >= 4 is 0 Å². The molecule has 0 atom stereocenters. The molecule has 0 amide bonds. The molecular weight excluding hydrogens is 178 g/mol. The second kappa shape index (κ2) is 3.54. The SMILES string of the molecule is CCc1ccc(O)c(-c2ncco2)c1. The van der Waals surface area contributed by atoms with E-state index in [2.05, 4.69) is 11.9 Å². The zero-order valence-electron chi connectivity index (χ0n) is 7.90. The molecule has 0 unspecified atom stereocenters. The van der Waals surface area contributed by atoms with Crippen molar-refractivity contribution in [1.29, 1.82) is 0 Å². The molecule has 0 radical (unpaired) electrons. The lowest BCUT2D eigenvalue weighted by atomic mass is 10.1. The van der Waals surface area contributed by atoms with Gasteiger partial charge in [0.25, 0.3) is 0 Å². The summed E-state index contributed by atoms with van der Waals surface area (Å²) >= 11 is 0. The van der Waals surface area contributed by atoms with Gasteiger partial charge in [0.2, 0.25) is 5.89 Å². The molecule has 1 aromatic heterocycles. The number of aromatic nitrogens is 1. The molecule has 1 aromatic carbocycles. The molecule has 14 heavy (non-hydrogen) atoms. The number of oxazole rings is 1. The maximum absolute atomic E-state index is 9.60. The maximum Gasteiger partial charge on any atom is 0.229 e. The average Bonchev–Trinajstić information content (AvgIpc) is 2.71. The van der Waals surface area contributed by atoms with Crippen LogP contribution in [-0.2, 0) is 6.42 Å². The fourth-order valence-electron chi connectivity index (χ4n) is 1.33. The highest BCUT2D eigenvalue weighted by Gasteiger charge is 2.08. The van der Waals surface area contributed by atoms with E-state index in [1.807, 2.05) is 12.1 Å². The zero-order valence-corrected chi connectivity index (χ0v) is 7.90. The van der Waals surface area contributed by atoms with Crippen LogP contribution in [0.25, 0.3) is 11.5 Å². The minimum Gasteiger partial charge on any atom is -0.507 e. The number of aryl methyl sites for hydroxylation is 1. The normalized spacial score (nSPS) is 10.4. The van der Waals surface area contributed by atoms with Gasteiger partial charge in [0.05, 0.1) is 11.8 Å². The average molecular weight is 189 g/mol. The van der Waals surface area contributed by atoms with Gasteiger partial charge in [-0.3, -0.25) is 0 Å². The number of aromatic hydroxyl groups is 1. The summed E-state index contributed by atoms with van der Waals surface area (Å²) in [5.74, 6) is 0.655. The molecule has 1 N–H and O–H groups in total. The number of benzene rings is 1. The number of phenolic OH excluding ortho intramolecular Hbond substituents is 1. The van der Waals surface area contributed by atoms with Crippen molar-refractivity contribution in [2.45, 2.75) is 13.3 Å². The van der Waals surface area contributed by atoms with E-state index in [0.29, 0.717) is 11.5 Å². The molecule has 1 heterocycles. The lowest BCUT2D eigenvalue weighted by Gasteiger charge is -2.02. The van der Waals surface area contributed by atoms with Gasteiger partial charge in [-0.2, -0.15) is 0 Å². The maximum atomic E-state index is 9.60. The van der Waals surface area contributed by atoms with Crippen LogP contribution in [0.5, 0.6) is 5.75 Å². The molecule has 0 saturated heterocycles. The van der Waals surface area contributed by atoms with Crippen LogP contribution < -0.4 is 0 Å². The third-order valence-corrected chi connectivity index (χ3v) is 2.13. The van der Waals surface area contributed by atoms with Crippen molar-refractivity contribution in [3.8, 4) is 17.2 Å². The molecule has 0 aliphatic rings.